The number of carbonyl (C=O) groups is 1. The van der Waals surface area contributed by atoms with Crippen LogP contribution < -0.4 is 10.0 Å². The zero-order valence-corrected chi connectivity index (χ0v) is 18.1. The van der Waals surface area contributed by atoms with Gasteiger partial charge in [0.25, 0.3) is 5.91 Å². The molecule has 1 fully saturated rings. The van der Waals surface area contributed by atoms with Crippen LogP contribution in [0.1, 0.15) is 43.5 Å². The van der Waals surface area contributed by atoms with E-state index in [0.717, 1.165) is 12.5 Å². The van der Waals surface area contributed by atoms with Crippen LogP contribution in [0.5, 0.6) is 0 Å². The Morgan fingerprint density at radius 1 is 1.30 bits per heavy atom. The lowest BCUT2D eigenvalue weighted by molar-refractivity contribution is 0.0941. The van der Waals surface area contributed by atoms with Crippen molar-refractivity contribution in [2.24, 2.45) is 0 Å². The predicted octanol–water partition coefficient (Wildman–Crippen LogP) is 2.38. The highest BCUT2D eigenvalue weighted by Gasteiger charge is 2.30. The molecule has 2 atom stereocenters. The van der Waals surface area contributed by atoms with Crippen molar-refractivity contribution in [3.8, 4) is 0 Å². The molecule has 11 heteroatoms. The maximum atomic E-state index is 12.6. The Morgan fingerprint density at radius 3 is 2.52 bits per heavy atom. The van der Waals surface area contributed by atoms with Crippen LogP contribution in [-0.4, -0.2) is 46.3 Å². The molecule has 0 aromatic heterocycles. The summed E-state index contributed by atoms with van der Waals surface area (Å²) in [6.45, 7) is 3.67. The van der Waals surface area contributed by atoms with Crippen molar-refractivity contribution in [1.82, 2.24) is 10.0 Å². The molecule has 2 N–H and O–H groups in total. The molecule has 2 rings (SSSR count). The summed E-state index contributed by atoms with van der Waals surface area (Å²) in [7, 11) is -7.11. The number of halogens is 2. The van der Waals surface area contributed by atoms with Crippen LogP contribution in [0.25, 0.3) is 0 Å². The van der Waals surface area contributed by atoms with Crippen molar-refractivity contribution in [2.45, 2.75) is 50.1 Å². The van der Waals surface area contributed by atoms with E-state index in [9.17, 15) is 21.6 Å². The molecule has 1 aromatic rings. The van der Waals surface area contributed by atoms with Gasteiger partial charge < -0.3 is 5.32 Å². The number of carbonyl (C=O) groups excluding carboxylic acids is 1. The van der Waals surface area contributed by atoms with E-state index in [-0.39, 0.29) is 38.1 Å². The van der Waals surface area contributed by atoms with Gasteiger partial charge in [-0.3, -0.25) is 4.79 Å². The van der Waals surface area contributed by atoms with Gasteiger partial charge in [-0.05, 0) is 31.9 Å². The van der Waals surface area contributed by atoms with Gasteiger partial charge in [-0.15, -0.1) is 0 Å². The monoisotopic (exact) mass is 456 g/mol. The van der Waals surface area contributed by atoms with Crippen molar-refractivity contribution in [1.29, 1.82) is 0 Å². The van der Waals surface area contributed by atoms with Crippen LogP contribution in [-0.2, 0) is 19.9 Å². The number of amides is 1. The Balaban J connectivity index is 2.28. The van der Waals surface area contributed by atoms with Gasteiger partial charge >= 0.3 is 0 Å². The van der Waals surface area contributed by atoms with Crippen LogP contribution in [0.2, 0.25) is 10.0 Å². The Kier molecular flexibility index (Phi) is 7.18. The highest BCUT2D eigenvalue weighted by Crippen LogP contribution is 2.29. The fourth-order valence-electron chi connectivity index (χ4n) is 2.90. The number of rotatable bonds is 7. The molecule has 0 bridgehead atoms. The summed E-state index contributed by atoms with van der Waals surface area (Å²) in [5.74, 6) is -0.784. The van der Waals surface area contributed by atoms with Crippen LogP contribution in [0.15, 0.2) is 17.0 Å². The van der Waals surface area contributed by atoms with Gasteiger partial charge in [0.05, 0.1) is 27.1 Å². The molecule has 1 amide bonds. The third-order valence-corrected chi connectivity index (χ3v) is 8.34. The van der Waals surface area contributed by atoms with Gasteiger partial charge in [0, 0.05) is 12.1 Å². The largest absolute Gasteiger partial charge is 0.348 e. The van der Waals surface area contributed by atoms with E-state index in [0.29, 0.717) is 12.8 Å². The predicted molar refractivity (Wildman–Crippen MR) is 106 cm³/mol. The molecule has 0 aliphatic carbocycles. The number of hydrogen-bond acceptors (Lipinski definition) is 5. The minimum absolute atomic E-state index is 0.00512. The summed E-state index contributed by atoms with van der Waals surface area (Å²) < 4.78 is 50.8. The number of benzene rings is 1. The molecular formula is C16H22Cl2N2O5S2. The Morgan fingerprint density at radius 2 is 1.96 bits per heavy atom. The first kappa shape index (κ1) is 22.4. The van der Waals surface area contributed by atoms with Gasteiger partial charge in [-0.2, -0.15) is 0 Å². The highest BCUT2D eigenvalue weighted by molar-refractivity contribution is 7.91. The zero-order valence-electron chi connectivity index (χ0n) is 15.0. The fourth-order valence-corrected chi connectivity index (χ4v) is 6.71. The molecule has 1 aliphatic heterocycles. The number of nitrogens with one attached hydrogen (secondary N) is 2. The molecule has 0 unspecified atom stereocenters. The van der Waals surface area contributed by atoms with Crippen LogP contribution in [0.3, 0.4) is 0 Å². The molecule has 0 spiro atoms. The summed E-state index contributed by atoms with van der Waals surface area (Å²) in [4.78, 5) is 12.2. The summed E-state index contributed by atoms with van der Waals surface area (Å²) in [5, 5.41) is 2.47. The summed E-state index contributed by atoms with van der Waals surface area (Å²) in [6, 6.07) is 1.48. The van der Waals surface area contributed by atoms with Gasteiger partial charge in [0.1, 0.15) is 4.90 Å². The number of hydrogen-bond donors (Lipinski definition) is 2. The topological polar surface area (TPSA) is 109 Å². The van der Waals surface area contributed by atoms with Crippen molar-refractivity contribution in [2.75, 3.05) is 11.5 Å². The van der Waals surface area contributed by atoms with Crippen LogP contribution >= 0.6 is 23.2 Å². The minimum Gasteiger partial charge on any atom is -0.348 e. The Labute approximate surface area is 169 Å². The minimum atomic E-state index is -3.95. The normalized spacial score (nSPS) is 20.4. The third-order valence-electron chi connectivity index (χ3n) is 4.20. The molecule has 27 heavy (non-hydrogen) atoms. The fraction of sp³-hybridized carbons (Fsp3) is 0.562. The highest BCUT2D eigenvalue weighted by atomic mass is 35.5. The first-order valence-corrected chi connectivity index (χ1v) is 12.5. The summed E-state index contributed by atoms with van der Waals surface area (Å²) in [5.41, 5.74) is -0.0751. The molecule has 152 valence electrons. The molecule has 1 aromatic carbocycles. The molecule has 1 saturated heterocycles. The lowest BCUT2D eigenvalue weighted by atomic mass is 10.2. The molecule has 1 aliphatic rings. The van der Waals surface area contributed by atoms with E-state index in [1.165, 1.54) is 6.07 Å². The average molecular weight is 457 g/mol. The second-order valence-corrected chi connectivity index (χ2v) is 11.4. The average Bonchev–Trinajstić information content (AvgIpc) is 2.85. The molecular weight excluding hydrogens is 435 g/mol. The van der Waals surface area contributed by atoms with E-state index in [1.807, 2.05) is 6.92 Å². The molecule has 0 saturated carbocycles. The van der Waals surface area contributed by atoms with Gasteiger partial charge in [-0.1, -0.05) is 36.5 Å². The van der Waals surface area contributed by atoms with Crippen molar-refractivity contribution < 1.29 is 21.6 Å². The van der Waals surface area contributed by atoms with E-state index in [4.69, 9.17) is 23.2 Å². The van der Waals surface area contributed by atoms with Gasteiger partial charge in [-0.25, -0.2) is 21.6 Å². The maximum Gasteiger partial charge on any atom is 0.253 e. The van der Waals surface area contributed by atoms with Gasteiger partial charge in [0.15, 0.2) is 9.84 Å². The van der Waals surface area contributed by atoms with Crippen LogP contribution in [0, 0.1) is 0 Å². The standard InChI is InChI=1S/C16H22Cl2N2O5S2/c1-3-4-10(2)20-27(24,25)15-7-12(13(17)8-14(15)18)16(21)19-11-5-6-26(22,23)9-11/h7-8,10-11,20H,3-6,9H2,1-2H3,(H,19,21)/t10-,11-/m1/s1. The molecule has 7 nitrogen and oxygen atoms in total. The maximum absolute atomic E-state index is 12.6. The summed E-state index contributed by atoms with van der Waals surface area (Å²) >= 11 is 12.1. The Hall–Kier alpha value is -0.870. The molecule has 0 radical (unpaired) electrons. The Bertz CT molecular complexity index is 932. The van der Waals surface area contributed by atoms with E-state index < -0.39 is 31.8 Å². The van der Waals surface area contributed by atoms with Crippen molar-refractivity contribution >= 4 is 49.0 Å². The number of sulfone groups is 1. The van der Waals surface area contributed by atoms with E-state index in [1.54, 1.807) is 6.92 Å². The zero-order chi connectivity index (χ0) is 20.4. The molecule has 1 heterocycles. The van der Waals surface area contributed by atoms with E-state index >= 15 is 0 Å². The van der Waals surface area contributed by atoms with Crippen molar-refractivity contribution in [3.05, 3.63) is 27.7 Å². The van der Waals surface area contributed by atoms with Crippen LogP contribution in [0.4, 0.5) is 0 Å². The number of sulfonamides is 1. The third kappa shape index (κ3) is 5.80. The smallest absolute Gasteiger partial charge is 0.253 e. The second-order valence-electron chi connectivity index (χ2n) is 6.65. The SMILES string of the molecule is CCC[C@@H](C)NS(=O)(=O)c1cc(C(=O)N[C@@H]2CCS(=O)(=O)C2)c(Cl)cc1Cl. The lowest BCUT2D eigenvalue weighted by Crippen LogP contribution is -2.36. The lowest BCUT2D eigenvalue weighted by Gasteiger charge is -2.16. The summed E-state index contributed by atoms with van der Waals surface area (Å²) in [6.07, 6.45) is 1.75. The quantitative estimate of drug-likeness (QED) is 0.654. The first-order valence-electron chi connectivity index (χ1n) is 8.48. The van der Waals surface area contributed by atoms with Gasteiger partial charge in [0.2, 0.25) is 10.0 Å². The first-order chi connectivity index (χ1) is 12.4. The van der Waals surface area contributed by atoms with E-state index in [2.05, 4.69) is 10.0 Å². The van der Waals surface area contributed by atoms with Crippen molar-refractivity contribution in [3.63, 3.8) is 0 Å². The second kappa shape index (κ2) is 8.65.